The highest BCUT2D eigenvalue weighted by atomic mass is 32.5. The number of fused-ring (bicyclic) bond motifs is 2. The van der Waals surface area contributed by atoms with E-state index in [1.165, 1.54) is 35.8 Å². The molecule has 6 N–H and O–H groups in total. The Morgan fingerprint density at radius 1 is 1.22 bits per heavy atom. The van der Waals surface area contributed by atoms with Crippen molar-refractivity contribution in [1.82, 2.24) is 34.1 Å². The van der Waals surface area contributed by atoms with Crippen LogP contribution in [0, 0.1) is 0 Å². The molecule has 4 aromatic heterocycles. The first kappa shape index (κ1) is 28.2. The predicted octanol–water partition coefficient (Wildman–Crippen LogP) is 0.0316. The molecule has 2 saturated heterocycles. The Labute approximate surface area is 235 Å². The lowest BCUT2D eigenvalue weighted by atomic mass is 10.1. The van der Waals surface area contributed by atoms with E-state index in [0.717, 1.165) is 0 Å². The number of nitrogens with two attached hydrogens (primary N) is 1. The van der Waals surface area contributed by atoms with Crippen molar-refractivity contribution < 1.29 is 38.0 Å². The van der Waals surface area contributed by atoms with Gasteiger partial charge in [0.15, 0.2) is 30.1 Å². The van der Waals surface area contributed by atoms with Crippen LogP contribution >= 0.6 is 6.72 Å². The van der Waals surface area contributed by atoms with Crippen molar-refractivity contribution in [2.75, 3.05) is 18.9 Å². The Bertz CT molecular complexity index is 1670. The Kier molecular flexibility index (Phi) is 7.60. The van der Waals surface area contributed by atoms with Gasteiger partial charge in [0.25, 0.3) is 5.56 Å². The Hall–Kier alpha value is -2.93. The number of H-pyrrole nitrogens is 1. The molecule has 0 bridgehead atoms. The zero-order chi connectivity index (χ0) is 28.9. The van der Waals surface area contributed by atoms with Crippen LogP contribution in [0.4, 0.5) is 10.2 Å². The van der Waals surface area contributed by atoms with E-state index in [0.29, 0.717) is 11.2 Å². The third-order valence-corrected chi connectivity index (χ3v) is 8.64. The maximum absolute atomic E-state index is 15.0. The summed E-state index contributed by atoms with van der Waals surface area (Å²) in [5, 5.41) is 20.4. The quantitative estimate of drug-likeness (QED) is 0.158. The van der Waals surface area contributed by atoms with Crippen LogP contribution in [-0.4, -0.2) is 93.0 Å². The van der Waals surface area contributed by atoms with Crippen LogP contribution in [0.3, 0.4) is 0 Å². The molecular formula is C22H26FN8O8PS. The number of anilines is 1. The Balaban J connectivity index is 1.10. The molecule has 41 heavy (non-hydrogen) atoms. The van der Waals surface area contributed by atoms with Crippen molar-refractivity contribution in [2.24, 2.45) is 0 Å². The van der Waals surface area contributed by atoms with Gasteiger partial charge in [0, 0.05) is 19.0 Å². The molecule has 6 heterocycles. The molecule has 0 aliphatic carbocycles. The van der Waals surface area contributed by atoms with E-state index in [1.54, 1.807) is 4.57 Å². The highest BCUT2D eigenvalue weighted by Crippen LogP contribution is 2.50. The molecule has 0 spiro atoms. The fourth-order valence-electron chi connectivity index (χ4n) is 5.07. The molecule has 6 rings (SSSR count). The lowest BCUT2D eigenvalue weighted by Crippen LogP contribution is -2.29. The number of aliphatic hydroxyl groups excluding tert-OH is 2. The van der Waals surface area contributed by atoms with Crippen molar-refractivity contribution >= 4 is 46.5 Å². The van der Waals surface area contributed by atoms with Crippen molar-refractivity contribution in [3.8, 4) is 0 Å². The van der Waals surface area contributed by atoms with Crippen molar-refractivity contribution in [3.05, 3.63) is 41.6 Å². The van der Waals surface area contributed by atoms with Gasteiger partial charge in [0.2, 0.25) is 0 Å². The smallest absolute Gasteiger partial charge is 0.324 e. The molecule has 0 saturated carbocycles. The van der Waals surface area contributed by atoms with E-state index < -0.39 is 49.8 Å². The summed E-state index contributed by atoms with van der Waals surface area (Å²) in [5.41, 5.74) is 6.39. The van der Waals surface area contributed by atoms with Crippen LogP contribution in [0.1, 0.15) is 25.3 Å². The SMILES string of the molecule is Nc1ncnc2c1ncn2[C@@H]1O[C@H](CO)C[C@H]1OP(O)(=S)OCC[C@H]1O[C@@H](n2ccc3c(=O)[nH]cnc32)[C@@H](F)[C@@H]1O. The first-order valence-corrected chi connectivity index (χ1v) is 15.1. The number of nitrogen functional groups attached to an aromatic ring is 1. The van der Waals surface area contributed by atoms with E-state index in [4.69, 9.17) is 36.1 Å². The van der Waals surface area contributed by atoms with Gasteiger partial charge in [-0.3, -0.25) is 9.36 Å². The molecule has 0 radical (unpaired) electrons. The molecule has 0 amide bonds. The number of halogens is 1. The van der Waals surface area contributed by atoms with Gasteiger partial charge >= 0.3 is 6.72 Å². The third kappa shape index (κ3) is 5.26. The molecule has 220 valence electrons. The van der Waals surface area contributed by atoms with Gasteiger partial charge in [-0.25, -0.2) is 24.3 Å². The van der Waals surface area contributed by atoms with E-state index in [9.17, 15) is 19.9 Å². The summed E-state index contributed by atoms with van der Waals surface area (Å²) in [4.78, 5) is 41.6. The highest BCUT2D eigenvalue weighted by molar-refractivity contribution is 8.07. The predicted molar refractivity (Wildman–Crippen MR) is 142 cm³/mol. The van der Waals surface area contributed by atoms with Gasteiger partial charge in [-0.05, 0) is 17.9 Å². The van der Waals surface area contributed by atoms with Crippen molar-refractivity contribution in [3.63, 3.8) is 0 Å². The number of ether oxygens (including phenoxy) is 2. The molecular weight excluding hydrogens is 586 g/mol. The molecule has 19 heteroatoms. The number of aliphatic hydroxyl groups is 2. The largest absolute Gasteiger partial charge is 0.394 e. The average Bonchev–Trinajstić information content (AvgIpc) is 3.71. The van der Waals surface area contributed by atoms with Crippen LogP contribution in [0.15, 0.2) is 36.0 Å². The summed E-state index contributed by atoms with van der Waals surface area (Å²) in [6.45, 7) is -4.42. The molecule has 2 aliphatic rings. The van der Waals surface area contributed by atoms with Crippen molar-refractivity contribution in [1.29, 1.82) is 0 Å². The maximum Gasteiger partial charge on any atom is 0.324 e. The molecule has 4 aromatic rings. The lowest BCUT2D eigenvalue weighted by molar-refractivity contribution is -0.0479. The fraction of sp³-hybridized carbons (Fsp3) is 0.500. The minimum absolute atomic E-state index is 0.0280. The number of aromatic amines is 1. The minimum atomic E-state index is -3.88. The topological polar surface area (TPSA) is 218 Å². The fourth-order valence-corrected chi connectivity index (χ4v) is 6.55. The summed E-state index contributed by atoms with van der Waals surface area (Å²) in [6.07, 6.45) is -2.39. The molecule has 0 aromatic carbocycles. The van der Waals surface area contributed by atoms with Crippen LogP contribution < -0.4 is 11.3 Å². The van der Waals surface area contributed by atoms with Crippen LogP contribution in [0.5, 0.6) is 0 Å². The second kappa shape index (κ2) is 11.0. The van der Waals surface area contributed by atoms with Gasteiger partial charge in [-0.2, -0.15) is 0 Å². The molecule has 1 unspecified atom stereocenters. The van der Waals surface area contributed by atoms with Gasteiger partial charge in [-0.15, -0.1) is 0 Å². The molecule has 2 fully saturated rings. The number of rotatable bonds is 9. The second-order valence-corrected chi connectivity index (χ2v) is 12.4. The summed E-state index contributed by atoms with van der Waals surface area (Å²) in [6, 6.07) is 1.48. The molecule has 16 nitrogen and oxygen atoms in total. The molecule has 2 aliphatic heterocycles. The number of nitrogens with one attached hydrogen (secondary N) is 1. The first-order chi connectivity index (χ1) is 19.7. The van der Waals surface area contributed by atoms with E-state index in [-0.39, 0.29) is 48.5 Å². The van der Waals surface area contributed by atoms with Gasteiger partial charge < -0.3 is 48.9 Å². The number of imidazole rings is 1. The third-order valence-electron chi connectivity index (χ3n) is 7.02. The Morgan fingerprint density at radius 2 is 2.05 bits per heavy atom. The zero-order valence-electron chi connectivity index (χ0n) is 21.1. The summed E-state index contributed by atoms with van der Waals surface area (Å²) in [5.74, 6) is 0.169. The Morgan fingerprint density at radius 3 is 2.85 bits per heavy atom. The summed E-state index contributed by atoms with van der Waals surface area (Å²) in [7, 11) is 0. The normalized spacial score (nSPS) is 29.9. The van der Waals surface area contributed by atoms with Gasteiger partial charge in [0.05, 0.1) is 43.5 Å². The monoisotopic (exact) mass is 612 g/mol. The summed E-state index contributed by atoms with van der Waals surface area (Å²) >= 11 is 5.21. The van der Waals surface area contributed by atoms with E-state index in [1.807, 2.05) is 0 Å². The zero-order valence-corrected chi connectivity index (χ0v) is 22.8. The van der Waals surface area contributed by atoms with E-state index in [2.05, 4.69) is 24.9 Å². The van der Waals surface area contributed by atoms with Crippen LogP contribution in [0.25, 0.3) is 22.2 Å². The minimum Gasteiger partial charge on any atom is -0.394 e. The number of aromatic nitrogens is 7. The number of hydrogen-bond donors (Lipinski definition) is 5. The number of hydrogen-bond acceptors (Lipinski definition) is 13. The maximum atomic E-state index is 15.0. The van der Waals surface area contributed by atoms with Gasteiger partial charge in [-0.1, -0.05) is 0 Å². The van der Waals surface area contributed by atoms with Gasteiger partial charge in [0.1, 0.15) is 29.7 Å². The first-order valence-electron chi connectivity index (χ1n) is 12.5. The number of nitrogens with zero attached hydrogens (tertiary/aromatic N) is 6. The average molecular weight is 613 g/mol. The van der Waals surface area contributed by atoms with Crippen LogP contribution in [0.2, 0.25) is 0 Å². The second-order valence-electron chi connectivity index (χ2n) is 9.58. The highest BCUT2D eigenvalue weighted by Gasteiger charge is 2.46. The number of alkyl halides is 1. The molecule has 8 atom stereocenters. The van der Waals surface area contributed by atoms with Crippen molar-refractivity contribution in [2.45, 2.75) is 55.9 Å². The lowest BCUT2D eigenvalue weighted by Gasteiger charge is -2.25. The van der Waals surface area contributed by atoms with E-state index >= 15 is 4.39 Å². The standard InChI is InChI=1S/C22H26FN8O8PS/c23-14-16(33)12(38-22(14)30-3-1-11-18(30)26-8-28-20(11)34)2-4-36-40(35,41)39-13-5-10(6-32)37-21(13)31-9-29-15-17(24)25-7-27-19(15)31/h1,3,7-10,12-14,16,21-22,32-33H,2,4-6H2,(H,35,41)(H2,24,25,27)(H,26,28,34)/t10-,12+,13+,14-,16+,21+,22+,40?/m0/s1. The van der Waals surface area contributed by atoms with Crippen LogP contribution in [-0.2, 0) is 30.3 Å². The summed E-state index contributed by atoms with van der Waals surface area (Å²) < 4.78 is 40.8.